The van der Waals surface area contributed by atoms with Crippen LogP contribution in [-0.2, 0) is 13.0 Å². The maximum atomic E-state index is 11.3. The normalized spacial score (nSPS) is 10.5. The number of rotatable bonds is 7. The van der Waals surface area contributed by atoms with Crippen molar-refractivity contribution >= 4 is 12.0 Å². The topological polar surface area (TPSA) is 70.3 Å². The average Bonchev–Trinajstić information content (AvgIpc) is 2.73. The lowest BCUT2D eigenvalue weighted by Crippen LogP contribution is -2.01. The lowest BCUT2D eigenvalue weighted by molar-refractivity contribution is 0.0696. The van der Waals surface area contributed by atoms with Gasteiger partial charge in [0.2, 0.25) is 0 Å². The molecule has 0 spiro atoms. The van der Waals surface area contributed by atoms with E-state index in [0.29, 0.717) is 29.9 Å². The highest BCUT2D eigenvalue weighted by Gasteiger charge is 2.08. The van der Waals surface area contributed by atoms with Crippen LogP contribution < -0.4 is 4.74 Å². The quantitative estimate of drug-likeness (QED) is 0.630. The molecule has 0 fully saturated rings. The molecular formula is C24H19NO3. The summed E-state index contributed by atoms with van der Waals surface area (Å²) in [4.78, 5) is 11.3. The molecule has 3 aromatic carbocycles. The maximum Gasteiger partial charge on any atom is 0.335 e. The molecule has 0 aromatic heterocycles. The number of benzene rings is 3. The fraction of sp³-hybridized carbons (Fsp3) is 0.0833. The van der Waals surface area contributed by atoms with Gasteiger partial charge in [-0.3, -0.25) is 0 Å². The average molecular weight is 369 g/mol. The van der Waals surface area contributed by atoms with E-state index in [2.05, 4.69) is 6.07 Å². The van der Waals surface area contributed by atoms with Crippen molar-refractivity contribution in [1.29, 1.82) is 5.26 Å². The summed E-state index contributed by atoms with van der Waals surface area (Å²) in [5.74, 6) is -0.320. The Morgan fingerprint density at radius 2 is 1.79 bits per heavy atom. The second-order valence-corrected chi connectivity index (χ2v) is 6.21. The highest BCUT2D eigenvalue weighted by Crippen LogP contribution is 2.23. The van der Waals surface area contributed by atoms with Gasteiger partial charge in [-0.05, 0) is 41.8 Å². The van der Waals surface area contributed by atoms with E-state index in [1.165, 1.54) is 0 Å². The van der Waals surface area contributed by atoms with Crippen molar-refractivity contribution in [2.75, 3.05) is 0 Å². The number of hydrogen-bond acceptors (Lipinski definition) is 3. The van der Waals surface area contributed by atoms with Crippen molar-refractivity contribution < 1.29 is 14.6 Å². The third-order valence-corrected chi connectivity index (χ3v) is 4.26. The molecule has 0 amide bonds. The predicted molar refractivity (Wildman–Crippen MR) is 108 cm³/mol. The largest absolute Gasteiger partial charge is 0.488 e. The van der Waals surface area contributed by atoms with E-state index < -0.39 is 5.97 Å². The highest BCUT2D eigenvalue weighted by molar-refractivity contribution is 5.89. The summed E-state index contributed by atoms with van der Waals surface area (Å²) in [5, 5.41) is 18.5. The number of nitriles is 1. The van der Waals surface area contributed by atoms with E-state index in [-0.39, 0.29) is 0 Å². The molecule has 138 valence electrons. The molecule has 0 saturated carbocycles. The van der Waals surface area contributed by atoms with Gasteiger partial charge in [0.15, 0.2) is 0 Å². The van der Waals surface area contributed by atoms with Crippen LogP contribution in [0.2, 0.25) is 0 Å². The smallest absolute Gasteiger partial charge is 0.335 e. The number of hydrogen-bond donors (Lipinski definition) is 1. The second kappa shape index (κ2) is 9.20. The van der Waals surface area contributed by atoms with Gasteiger partial charge in [-0.1, -0.05) is 60.7 Å². The van der Waals surface area contributed by atoms with Crippen LogP contribution in [0.4, 0.5) is 0 Å². The van der Waals surface area contributed by atoms with E-state index in [1.807, 2.05) is 54.6 Å². The Morgan fingerprint density at radius 3 is 2.54 bits per heavy atom. The van der Waals surface area contributed by atoms with Gasteiger partial charge in [-0.2, -0.15) is 5.26 Å². The Bertz CT molecular complexity index is 1030. The first-order chi connectivity index (χ1) is 13.7. The minimum absolute atomic E-state index is 0.299. The van der Waals surface area contributed by atoms with Crippen LogP contribution in [0.25, 0.3) is 6.08 Å². The molecule has 1 N–H and O–H groups in total. The van der Waals surface area contributed by atoms with E-state index in [0.717, 1.165) is 16.7 Å². The van der Waals surface area contributed by atoms with Gasteiger partial charge in [0.1, 0.15) is 12.4 Å². The van der Waals surface area contributed by atoms with Crippen LogP contribution in [0.3, 0.4) is 0 Å². The van der Waals surface area contributed by atoms with Crippen molar-refractivity contribution in [1.82, 2.24) is 0 Å². The lowest BCUT2D eigenvalue weighted by atomic mass is 10.0. The standard InChI is InChI=1S/C24H19NO3/c25-16-19-13-14-21(23(15-19)28-17-18-7-2-1-3-8-18)11-6-10-20-9-4-5-12-22(20)24(26)27/h1-9,11-15H,10,17H2,(H,26,27). The van der Waals surface area contributed by atoms with Gasteiger partial charge >= 0.3 is 5.97 Å². The number of carboxylic acids is 1. The summed E-state index contributed by atoms with van der Waals surface area (Å²) >= 11 is 0. The van der Waals surface area contributed by atoms with Gasteiger partial charge < -0.3 is 9.84 Å². The number of carboxylic acid groups (broad SMARTS) is 1. The molecular weight excluding hydrogens is 350 g/mol. The summed E-state index contributed by atoms with van der Waals surface area (Å²) in [6.45, 7) is 0.401. The third kappa shape index (κ3) is 4.87. The Kier molecular flexibility index (Phi) is 6.22. The van der Waals surface area contributed by atoms with Gasteiger partial charge in [0, 0.05) is 5.56 Å². The van der Waals surface area contributed by atoms with Crippen LogP contribution in [0, 0.1) is 11.3 Å². The molecule has 0 aliphatic rings. The Hall–Kier alpha value is -3.84. The molecule has 0 saturated heterocycles. The molecule has 4 nitrogen and oxygen atoms in total. The lowest BCUT2D eigenvalue weighted by Gasteiger charge is -2.10. The number of carbonyl (C=O) groups is 1. The molecule has 0 atom stereocenters. The summed E-state index contributed by atoms with van der Waals surface area (Å²) in [7, 11) is 0. The predicted octanol–water partition coefficient (Wildman–Crippen LogP) is 5.09. The molecule has 0 unspecified atom stereocenters. The number of nitrogens with zero attached hydrogens (tertiary/aromatic N) is 1. The van der Waals surface area contributed by atoms with Crippen LogP contribution in [-0.4, -0.2) is 11.1 Å². The monoisotopic (exact) mass is 369 g/mol. The molecule has 0 aliphatic carbocycles. The first kappa shape index (κ1) is 18.9. The van der Waals surface area contributed by atoms with Crippen molar-refractivity contribution in [2.45, 2.75) is 13.0 Å². The zero-order chi connectivity index (χ0) is 19.8. The Balaban J connectivity index is 1.78. The molecule has 3 aromatic rings. The molecule has 3 rings (SSSR count). The van der Waals surface area contributed by atoms with Crippen LogP contribution in [0.1, 0.15) is 32.6 Å². The zero-order valence-corrected chi connectivity index (χ0v) is 15.2. The fourth-order valence-electron chi connectivity index (χ4n) is 2.82. The summed E-state index contributed by atoms with van der Waals surface area (Å²) in [6.07, 6.45) is 4.28. The van der Waals surface area contributed by atoms with Gasteiger partial charge in [0.25, 0.3) is 0 Å². The van der Waals surface area contributed by atoms with E-state index in [9.17, 15) is 9.90 Å². The minimum Gasteiger partial charge on any atom is -0.488 e. The zero-order valence-electron chi connectivity index (χ0n) is 15.2. The Labute approximate surface area is 164 Å². The van der Waals surface area contributed by atoms with Gasteiger partial charge in [-0.25, -0.2) is 4.79 Å². The van der Waals surface area contributed by atoms with Crippen molar-refractivity contribution in [2.24, 2.45) is 0 Å². The molecule has 0 heterocycles. The Morgan fingerprint density at radius 1 is 1.04 bits per heavy atom. The molecule has 0 radical (unpaired) electrons. The maximum absolute atomic E-state index is 11.3. The van der Waals surface area contributed by atoms with E-state index in [4.69, 9.17) is 10.00 Å². The number of ether oxygens (including phenoxy) is 1. The SMILES string of the molecule is N#Cc1ccc(C=CCc2ccccc2C(=O)O)c(OCc2ccccc2)c1. The molecule has 28 heavy (non-hydrogen) atoms. The third-order valence-electron chi connectivity index (χ3n) is 4.26. The minimum atomic E-state index is -0.936. The van der Waals surface area contributed by atoms with Crippen molar-refractivity contribution in [3.05, 3.63) is 107 Å². The number of aromatic carboxylic acids is 1. The van der Waals surface area contributed by atoms with Crippen LogP contribution >= 0.6 is 0 Å². The highest BCUT2D eigenvalue weighted by atomic mass is 16.5. The van der Waals surface area contributed by atoms with Crippen LogP contribution in [0.5, 0.6) is 5.75 Å². The van der Waals surface area contributed by atoms with Crippen molar-refractivity contribution in [3.8, 4) is 11.8 Å². The first-order valence-corrected chi connectivity index (χ1v) is 8.86. The fourth-order valence-corrected chi connectivity index (χ4v) is 2.82. The van der Waals surface area contributed by atoms with Gasteiger partial charge in [-0.15, -0.1) is 0 Å². The van der Waals surface area contributed by atoms with E-state index in [1.54, 1.807) is 30.3 Å². The molecule has 0 bridgehead atoms. The summed E-state index contributed by atoms with van der Waals surface area (Å²) < 4.78 is 5.93. The van der Waals surface area contributed by atoms with Crippen molar-refractivity contribution in [3.63, 3.8) is 0 Å². The number of allylic oxidation sites excluding steroid dienone is 1. The summed E-state index contributed by atoms with van der Waals surface area (Å²) in [6, 6.07) is 24.2. The van der Waals surface area contributed by atoms with Crippen LogP contribution in [0.15, 0.2) is 78.9 Å². The van der Waals surface area contributed by atoms with Gasteiger partial charge in [0.05, 0.1) is 17.2 Å². The summed E-state index contributed by atoms with van der Waals surface area (Å²) in [5.41, 5.74) is 3.44. The van der Waals surface area contributed by atoms with E-state index >= 15 is 0 Å². The second-order valence-electron chi connectivity index (χ2n) is 6.21. The molecule has 0 aliphatic heterocycles. The molecule has 4 heteroatoms. The first-order valence-electron chi connectivity index (χ1n) is 8.86.